The third-order valence-electron chi connectivity index (χ3n) is 4.47. The van der Waals surface area contributed by atoms with E-state index >= 15 is 0 Å². The lowest BCUT2D eigenvalue weighted by atomic mass is 9.94. The molecule has 0 spiro atoms. The van der Waals surface area contributed by atoms with Gasteiger partial charge in [-0.3, -0.25) is 4.79 Å². The third kappa shape index (κ3) is 4.08. The number of methoxy groups -OCH3 is 1. The van der Waals surface area contributed by atoms with E-state index in [1.807, 2.05) is 24.3 Å². The molecule has 0 fully saturated rings. The van der Waals surface area contributed by atoms with Gasteiger partial charge in [0.05, 0.1) is 12.7 Å². The van der Waals surface area contributed by atoms with E-state index in [2.05, 4.69) is 0 Å². The number of esters is 2. The largest absolute Gasteiger partial charge is 0.508 e. The van der Waals surface area contributed by atoms with Crippen LogP contribution in [0.3, 0.4) is 0 Å². The van der Waals surface area contributed by atoms with Crippen LogP contribution in [0, 0.1) is 0 Å². The highest BCUT2D eigenvalue weighted by Gasteiger charge is 2.35. The molecular weight excluding hydrogens is 350 g/mol. The number of carbonyl (C=O) groups is 3. The SMILES string of the molecule is COC(=O)[C@@H]1Cc2ccccc2CN1C(=O)COC(=O)c1ccc(O)cc1. The summed E-state index contributed by atoms with van der Waals surface area (Å²) in [6, 6.07) is 12.3. The van der Waals surface area contributed by atoms with E-state index in [0.717, 1.165) is 11.1 Å². The summed E-state index contributed by atoms with van der Waals surface area (Å²) in [6.07, 6.45) is 0.348. The molecule has 1 atom stereocenters. The van der Waals surface area contributed by atoms with Crippen LogP contribution < -0.4 is 0 Å². The Morgan fingerprint density at radius 3 is 2.41 bits per heavy atom. The maximum Gasteiger partial charge on any atom is 0.338 e. The van der Waals surface area contributed by atoms with Crippen LogP contribution in [0.5, 0.6) is 5.75 Å². The Hall–Kier alpha value is -3.35. The Bertz CT molecular complexity index is 861. The molecule has 0 unspecified atom stereocenters. The van der Waals surface area contributed by atoms with E-state index in [1.165, 1.54) is 36.3 Å². The summed E-state index contributed by atoms with van der Waals surface area (Å²) in [4.78, 5) is 38.2. The molecule has 1 amide bonds. The Morgan fingerprint density at radius 2 is 1.74 bits per heavy atom. The van der Waals surface area contributed by atoms with Gasteiger partial charge in [-0.25, -0.2) is 9.59 Å². The van der Waals surface area contributed by atoms with E-state index in [4.69, 9.17) is 9.47 Å². The van der Waals surface area contributed by atoms with Crippen molar-refractivity contribution in [2.24, 2.45) is 0 Å². The van der Waals surface area contributed by atoms with Crippen LogP contribution in [0.2, 0.25) is 0 Å². The predicted octanol–water partition coefficient (Wildman–Crippen LogP) is 1.68. The summed E-state index contributed by atoms with van der Waals surface area (Å²) >= 11 is 0. The van der Waals surface area contributed by atoms with E-state index in [9.17, 15) is 19.5 Å². The number of carbonyl (C=O) groups excluding carboxylic acids is 3. The molecule has 0 aromatic heterocycles. The van der Waals surface area contributed by atoms with Gasteiger partial charge in [0, 0.05) is 13.0 Å². The number of phenols is 1. The van der Waals surface area contributed by atoms with Gasteiger partial charge >= 0.3 is 11.9 Å². The van der Waals surface area contributed by atoms with Crippen molar-refractivity contribution in [2.75, 3.05) is 13.7 Å². The van der Waals surface area contributed by atoms with Gasteiger partial charge < -0.3 is 19.5 Å². The smallest absolute Gasteiger partial charge is 0.338 e. The molecule has 1 heterocycles. The van der Waals surface area contributed by atoms with Gasteiger partial charge in [-0.05, 0) is 35.4 Å². The number of rotatable bonds is 4. The van der Waals surface area contributed by atoms with Gasteiger partial charge in [0.25, 0.3) is 5.91 Å². The van der Waals surface area contributed by atoms with Crippen LogP contribution in [0.4, 0.5) is 0 Å². The fourth-order valence-electron chi connectivity index (χ4n) is 3.02. The molecule has 1 aliphatic rings. The van der Waals surface area contributed by atoms with Crippen molar-refractivity contribution < 1.29 is 29.0 Å². The highest BCUT2D eigenvalue weighted by atomic mass is 16.5. The van der Waals surface area contributed by atoms with Gasteiger partial charge in [-0.15, -0.1) is 0 Å². The van der Waals surface area contributed by atoms with Crippen molar-refractivity contribution in [3.8, 4) is 5.75 Å². The quantitative estimate of drug-likeness (QED) is 0.824. The summed E-state index contributed by atoms with van der Waals surface area (Å²) in [7, 11) is 1.27. The first-order chi connectivity index (χ1) is 13.0. The second-order valence-corrected chi connectivity index (χ2v) is 6.16. The fraction of sp³-hybridized carbons (Fsp3) is 0.250. The molecule has 0 bridgehead atoms. The molecule has 7 heteroatoms. The lowest BCUT2D eigenvalue weighted by Gasteiger charge is -2.35. The summed E-state index contributed by atoms with van der Waals surface area (Å²) in [6.45, 7) is -0.249. The van der Waals surface area contributed by atoms with Crippen LogP contribution in [0.15, 0.2) is 48.5 Å². The van der Waals surface area contributed by atoms with Crippen molar-refractivity contribution in [3.63, 3.8) is 0 Å². The number of amides is 1. The normalized spacial score (nSPS) is 15.6. The molecule has 0 aliphatic carbocycles. The zero-order valence-corrected chi connectivity index (χ0v) is 14.8. The number of fused-ring (bicyclic) bond motifs is 1. The Balaban J connectivity index is 1.70. The van der Waals surface area contributed by atoms with E-state index in [0.29, 0.717) is 6.42 Å². The van der Waals surface area contributed by atoms with Crippen molar-refractivity contribution in [1.29, 1.82) is 0 Å². The number of ether oxygens (including phenoxy) is 2. The standard InChI is InChI=1S/C20H19NO6/c1-26-20(25)17-10-14-4-2-3-5-15(14)11-21(17)18(23)12-27-19(24)13-6-8-16(22)9-7-13/h2-9,17,22H,10-12H2,1H3/t17-/m0/s1. The zero-order valence-electron chi connectivity index (χ0n) is 14.8. The number of hydrogen-bond acceptors (Lipinski definition) is 6. The summed E-state index contributed by atoms with van der Waals surface area (Å²) in [5.41, 5.74) is 2.14. The zero-order chi connectivity index (χ0) is 19.4. The second-order valence-electron chi connectivity index (χ2n) is 6.16. The fourth-order valence-corrected chi connectivity index (χ4v) is 3.02. The first kappa shape index (κ1) is 18.4. The number of aromatic hydroxyl groups is 1. The first-order valence-corrected chi connectivity index (χ1v) is 8.40. The Labute approximate surface area is 156 Å². The highest BCUT2D eigenvalue weighted by Crippen LogP contribution is 2.24. The minimum Gasteiger partial charge on any atom is -0.508 e. The predicted molar refractivity (Wildman–Crippen MR) is 94.9 cm³/mol. The maximum atomic E-state index is 12.6. The molecule has 7 nitrogen and oxygen atoms in total. The Morgan fingerprint density at radius 1 is 1.07 bits per heavy atom. The topological polar surface area (TPSA) is 93.1 Å². The lowest BCUT2D eigenvalue weighted by Crippen LogP contribution is -2.50. The van der Waals surface area contributed by atoms with Gasteiger partial charge in [0.1, 0.15) is 11.8 Å². The van der Waals surface area contributed by atoms with E-state index in [1.54, 1.807) is 0 Å². The molecule has 0 radical (unpaired) electrons. The van der Waals surface area contributed by atoms with Crippen molar-refractivity contribution in [2.45, 2.75) is 19.0 Å². The van der Waals surface area contributed by atoms with Crippen molar-refractivity contribution >= 4 is 17.8 Å². The molecule has 0 saturated heterocycles. The highest BCUT2D eigenvalue weighted by molar-refractivity contribution is 5.92. The molecular formula is C20H19NO6. The minimum absolute atomic E-state index is 0.0236. The minimum atomic E-state index is -0.759. The molecule has 27 heavy (non-hydrogen) atoms. The average molecular weight is 369 g/mol. The van der Waals surface area contributed by atoms with Gasteiger partial charge in [0.15, 0.2) is 6.61 Å². The number of nitrogens with zero attached hydrogens (tertiary/aromatic N) is 1. The van der Waals surface area contributed by atoms with Crippen LogP contribution in [0.1, 0.15) is 21.5 Å². The van der Waals surface area contributed by atoms with Crippen LogP contribution in [-0.2, 0) is 32.0 Å². The van der Waals surface area contributed by atoms with Crippen LogP contribution in [-0.4, -0.2) is 47.6 Å². The van der Waals surface area contributed by atoms with Gasteiger partial charge in [-0.2, -0.15) is 0 Å². The molecule has 140 valence electrons. The first-order valence-electron chi connectivity index (χ1n) is 8.40. The van der Waals surface area contributed by atoms with Crippen LogP contribution in [0.25, 0.3) is 0 Å². The van der Waals surface area contributed by atoms with Crippen molar-refractivity contribution in [3.05, 3.63) is 65.2 Å². The average Bonchev–Trinajstić information content (AvgIpc) is 2.70. The van der Waals surface area contributed by atoms with Gasteiger partial charge in [-0.1, -0.05) is 24.3 Å². The van der Waals surface area contributed by atoms with Gasteiger partial charge in [0.2, 0.25) is 0 Å². The second kappa shape index (κ2) is 7.90. The molecule has 3 rings (SSSR count). The monoisotopic (exact) mass is 369 g/mol. The number of phenolic OH excluding ortho intramolecular Hbond substituents is 1. The summed E-state index contributed by atoms with van der Waals surface area (Å²) < 4.78 is 9.90. The van der Waals surface area contributed by atoms with E-state index in [-0.39, 0.29) is 17.9 Å². The molecule has 0 saturated carbocycles. The third-order valence-corrected chi connectivity index (χ3v) is 4.47. The molecule has 2 aromatic rings. The summed E-state index contributed by atoms with van der Waals surface area (Å²) in [5.74, 6) is -1.65. The number of benzene rings is 2. The Kier molecular flexibility index (Phi) is 5.40. The maximum absolute atomic E-state index is 12.6. The lowest BCUT2D eigenvalue weighted by molar-refractivity contribution is -0.155. The van der Waals surface area contributed by atoms with E-state index < -0.39 is 30.5 Å². The molecule has 1 aliphatic heterocycles. The molecule has 1 N–H and O–H groups in total. The molecule has 2 aromatic carbocycles. The summed E-state index contributed by atoms with van der Waals surface area (Å²) in [5, 5.41) is 9.25. The van der Waals surface area contributed by atoms with Crippen molar-refractivity contribution in [1.82, 2.24) is 4.90 Å². The van der Waals surface area contributed by atoms with Crippen LogP contribution >= 0.6 is 0 Å². The number of hydrogen-bond donors (Lipinski definition) is 1.